The molecule has 0 bridgehead atoms. The minimum absolute atomic E-state index is 0. The number of carbonyl (C=O) groups is 1. The van der Waals surface area contributed by atoms with Crippen molar-refractivity contribution in [2.45, 2.75) is 6.23 Å². The first-order valence-corrected chi connectivity index (χ1v) is 7.81. The predicted molar refractivity (Wildman–Crippen MR) is 101 cm³/mol. The van der Waals surface area contributed by atoms with E-state index in [4.69, 9.17) is 4.74 Å². The summed E-state index contributed by atoms with van der Waals surface area (Å²) in [5, 5.41) is 6.06. The van der Waals surface area contributed by atoms with Crippen molar-refractivity contribution in [1.82, 2.24) is 20.5 Å². The third-order valence-electron chi connectivity index (χ3n) is 3.72. The van der Waals surface area contributed by atoms with Crippen LogP contribution in [0.15, 0.2) is 48.8 Å². The lowest BCUT2D eigenvalue weighted by Crippen LogP contribution is -2.51. The van der Waals surface area contributed by atoms with Crippen LogP contribution in [0.5, 0.6) is 5.75 Å². The van der Waals surface area contributed by atoms with Gasteiger partial charge in [0.25, 0.3) is 0 Å². The fraction of sp³-hybridized carbons (Fsp3) is 0.294. The standard InChI is InChI=1S/C17H19FN4O2.2ClH/c18-14-5-3-13(4-6-14)16(24-15-2-1-7-20-12-15)21-17(23)22-10-8-19-9-11-22;;/h1-7,12,16,19H,8-11H2,(H,21,23);2*1H. The molecule has 26 heavy (non-hydrogen) atoms. The average Bonchev–Trinajstić information content (AvgIpc) is 2.63. The average molecular weight is 403 g/mol. The normalized spacial score (nSPS) is 14.4. The van der Waals surface area contributed by atoms with Gasteiger partial charge in [-0.25, -0.2) is 9.18 Å². The van der Waals surface area contributed by atoms with E-state index in [1.807, 2.05) is 0 Å². The van der Waals surface area contributed by atoms with Crippen LogP contribution in [0.1, 0.15) is 11.8 Å². The lowest BCUT2D eigenvalue weighted by molar-refractivity contribution is 0.139. The molecule has 0 spiro atoms. The topological polar surface area (TPSA) is 66.5 Å². The minimum Gasteiger partial charge on any atom is -0.465 e. The SMILES string of the molecule is Cl.Cl.O=C(NC(Oc1cccnc1)c1ccc(F)cc1)N1CCNCC1. The van der Waals surface area contributed by atoms with Crippen LogP contribution in [-0.2, 0) is 0 Å². The molecule has 3 rings (SSSR count). The van der Waals surface area contributed by atoms with Gasteiger partial charge in [-0.1, -0.05) is 12.1 Å². The Bertz CT molecular complexity index is 670. The second-order valence-corrected chi connectivity index (χ2v) is 5.42. The Morgan fingerprint density at radius 1 is 1.19 bits per heavy atom. The molecule has 1 saturated heterocycles. The summed E-state index contributed by atoms with van der Waals surface area (Å²) in [7, 11) is 0. The first kappa shape index (κ1) is 22.0. The quantitative estimate of drug-likeness (QED) is 0.771. The zero-order valence-corrected chi connectivity index (χ0v) is 15.6. The number of rotatable bonds is 4. The smallest absolute Gasteiger partial charge is 0.320 e. The maximum atomic E-state index is 13.2. The van der Waals surface area contributed by atoms with Crippen LogP contribution in [0.4, 0.5) is 9.18 Å². The number of pyridine rings is 1. The van der Waals surface area contributed by atoms with Gasteiger partial charge in [0, 0.05) is 37.9 Å². The van der Waals surface area contributed by atoms with Crippen LogP contribution in [0, 0.1) is 5.82 Å². The zero-order valence-electron chi connectivity index (χ0n) is 13.9. The Kier molecular flexibility index (Phi) is 9.12. The van der Waals surface area contributed by atoms with Gasteiger partial charge in [0.15, 0.2) is 6.23 Å². The molecule has 9 heteroatoms. The van der Waals surface area contributed by atoms with E-state index in [0.717, 1.165) is 13.1 Å². The summed E-state index contributed by atoms with van der Waals surface area (Å²) >= 11 is 0. The van der Waals surface area contributed by atoms with Crippen LogP contribution in [0.2, 0.25) is 0 Å². The van der Waals surface area contributed by atoms with Crippen molar-refractivity contribution in [2.24, 2.45) is 0 Å². The highest BCUT2D eigenvalue weighted by atomic mass is 35.5. The highest BCUT2D eigenvalue weighted by Crippen LogP contribution is 2.20. The first-order chi connectivity index (χ1) is 11.7. The third-order valence-corrected chi connectivity index (χ3v) is 3.72. The second-order valence-electron chi connectivity index (χ2n) is 5.42. The van der Waals surface area contributed by atoms with Gasteiger partial charge in [-0.05, 0) is 24.3 Å². The molecular weight excluding hydrogens is 382 g/mol. The number of urea groups is 1. The summed E-state index contributed by atoms with van der Waals surface area (Å²) in [6.07, 6.45) is 2.48. The summed E-state index contributed by atoms with van der Waals surface area (Å²) in [5.74, 6) is 0.180. The Hall–Kier alpha value is -2.09. The summed E-state index contributed by atoms with van der Waals surface area (Å²) in [6.45, 7) is 2.79. The van der Waals surface area contributed by atoms with E-state index >= 15 is 0 Å². The number of hydrogen-bond acceptors (Lipinski definition) is 4. The van der Waals surface area contributed by atoms with E-state index in [1.165, 1.54) is 12.1 Å². The van der Waals surface area contributed by atoms with E-state index < -0.39 is 6.23 Å². The molecule has 1 aliphatic rings. The lowest BCUT2D eigenvalue weighted by Gasteiger charge is -2.30. The third kappa shape index (κ3) is 6.01. The molecule has 2 N–H and O–H groups in total. The Morgan fingerprint density at radius 2 is 1.88 bits per heavy atom. The molecule has 1 unspecified atom stereocenters. The maximum absolute atomic E-state index is 13.2. The van der Waals surface area contributed by atoms with E-state index in [1.54, 1.807) is 41.6 Å². The van der Waals surface area contributed by atoms with Crippen LogP contribution >= 0.6 is 24.8 Å². The van der Waals surface area contributed by atoms with Crippen LogP contribution in [0.3, 0.4) is 0 Å². The molecule has 0 radical (unpaired) electrons. The van der Waals surface area contributed by atoms with Crippen LogP contribution in [-0.4, -0.2) is 42.1 Å². The molecule has 0 aliphatic carbocycles. The van der Waals surface area contributed by atoms with Gasteiger partial charge in [-0.3, -0.25) is 10.3 Å². The lowest BCUT2D eigenvalue weighted by atomic mass is 10.2. The van der Waals surface area contributed by atoms with Gasteiger partial charge in [0.05, 0.1) is 6.20 Å². The number of halogens is 3. The Balaban J connectivity index is 0.00000169. The van der Waals surface area contributed by atoms with Gasteiger partial charge >= 0.3 is 6.03 Å². The Morgan fingerprint density at radius 3 is 2.50 bits per heavy atom. The summed E-state index contributed by atoms with van der Waals surface area (Å²) < 4.78 is 19.0. The molecular formula is C17H21Cl2FN4O2. The molecule has 1 atom stereocenters. The number of amides is 2. The fourth-order valence-corrected chi connectivity index (χ4v) is 2.44. The van der Waals surface area contributed by atoms with E-state index in [0.29, 0.717) is 24.4 Å². The van der Waals surface area contributed by atoms with Crippen molar-refractivity contribution in [2.75, 3.05) is 26.2 Å². The number of ether oxygens (including phenoxy) is 1. The number of carbonyl (C=O) groups excluding carboxylic acids is 1. The summed E-state index contributed by atoms with van der Waals surface area (Å²) in [6, 6.07) is 9.14. The van der Waals surface area contributed by atoms with Gasteiger partial charge in [0.1, 0.15) is 11.6 Å². The first-order valence-electron chi connectivity index (χ1n) is 7.81. The van der Waals surface area contributed by atoms with Crippen molar-refractivity contribution >= 4 is 30.8 Å². The van der Waals surface area contributed by atoms with E-state index in [2.05, 4.69) is 15.6 Å². The van der Waals surface area contributed by atoms with Gasteiger partial charge < -0.3 is 15.0 Å². The zero-order chi connectivity index (χ0) is 16.8. The summed E-state index contributed by atoms with van der Waals surface area (Å²) in [5.41, 5.74) is 0.656. The highest BCUT2D eigenvalue weighted by Gasteiger charge is 2.22. The molecule has 6 nitrogen and oxygen atoms in total. The number of hydrogen-bond donors (Lipinski definition) is 2. The van der Waals surface area contributed by atoms with Gasteiger partial charge in [0.2, 0.25) is 0 Å². The molecule has 2 heterocycles. The van der Waals surface area contributed by atoms with Crippen molar-refractivity contribution < 1.29 is 13.9 Å². The number of aromatic nitrogens is 1. The highest BCUT2D eigenvalue weighted by molar-refractivity contribution is 5.85. The number of nitrogens with one attached hydrogen (secondary N) is 2. The minimum atomic E-state index is -0.725. The number of benzene rings is 1. The molecule has 0 saturated carbocycles. The molecule has 1 aromatic heterocycles. The van der Waals surface area contributed by atoms with Crippen LogP contribution < -0.4 is 15.4 Å². The van der Waals surface area contributed by atoms with Gasteiger partial charge in [-0.15, -0.1) is 24.8 Å². The second kappa shape index (κ2) is 10.8. The van der Waals surface area contributed by atoms with Crippen molar-refractivity contribution in [3.63, 3.8) is 0 Å². The van der Waals surface area contributed by atoms with Gasteiger partial charge in [-0.2, -0.15) is 0 Å². The molecule has 1 fully saturated rings. The Labute approximate surface area is 163 Å². The van der Waals surface area contributed by atoms with Crippen molar-refractivity contribution in [1.29, 1.82) is 0 Å². The molecule has 1 aromatic carbocycles. The maximum Gasteiger partial charge on any atom is 0.320 e. The predicted octanol–water partition coefficient (Wildman–Crippen LogP) is 2.76. The molecule has 2 aromatic rings. The van der Waals surface area contributed by atoms with E-state index in [9.17, 15) is 9.18 Å². The molecule has 1 aliphatic heterocycles. The van der Waals surface area contributed by atoms with Crippen molar-refractivity contribution in [3.8, 4) is 5.75 Å². The van der Waals surface area contributed by atoms with Crippen LogP contribution in [0.25, 0.3) is 0 Å². The molecule has 2 amide bonds. The summed E-state index contributed by atoms with van der Waals surface area (Å²) in [4.78, 5) is 18.2. The van der Waals surface area contributed by atoms with E-state index in [-0.39, 0.29) is 36.7 Å². The number of piperazine rings is 1. The number of nitrogens with zero attached hydrogens (tertiary/aromatic N) is 2. The fourth-order valence-electron chi connectivity index (χ4n) is 2.44. The molecule has 142 valence electrons. The largest absolute Gasteiger partial charge is 0.465 e. The monoisotopic (exact) mass is 402 g/mol. The van der Waals surface area contributed by atoms with Crippen molar-refractivity contribution in [3.05, 3.63) is 60.2 Å².